The molecule has 0 saturated heterocycles. The fraction of sp³-hybridized carbons (Fsp3) is 0.438. The highest BCUT2D eigenvalue weighted by Crippen LogP contribution is 2.24. The topological polar surface area (TPSA) is 70.4 Å². The average Bonchev–Trinajstić information content (AvgIpc) is 2.74. The van der Waals surface area contributed by atoms with Crippen molar-refractivity contribution in [1.82, 2.24) is 9.55 Å². The minimum Gasteiger partial charge on any atom is -0.465 e. The van der Waals surface area contributed by atoms with Crippen LogP contribution in [0.25, 0.3) is 11.0 Å². The molecular formula is C16H19FN2O4. The number of benzene rings is 1. The van der Waals surface area contributed by atoms with Crippen molar-refractivity contribution in [3.8, 4) is 0 Å². The quantitative estimate of drug-likeness (QED) is 0.812. The van der Waals surface area contributed by atoms with Crippen LogP contribution in [0, 0.1) is 12.7 Å². The Kier molecular flexibility index (Phi) is 4.40. The molecule has 0 bridgehead atoms. The van der Waals surface area contributed by atoms with Crippen LogP contribution >= 0.6 is 0 Å². The van der Waals surface area contributed by atoms with E-state index in [1.54, 1.807) is 27.7 Å². The number of nitrogens with zero attached hydrogens (tertiary/aromatic N) is 2. The van der Waals surface area contributed by atoms with Crippen LogP contribution in [-0.2, 0) is 20.8 Å². The second-order valence-corrected chi connectivity index (χ2v) is 6.12. The smallest absolute Gasteiger partial charge is 0.340 e. The van der Waals surface area contributed by atoms with Crippen LogP contribution < -0.4 is 0 Å². The summed E-state index contributed by atoms with van der Waals surface area (Å²) in [5.74, 6) is -1.29. The van der Waals surface area contributed by atoms with E-state index in [0.717, 1.165) is 6.07 Å². The van der Waals surface area contributed by atoms with E-state index in [4.69, 9.17) is 4.74 Å². The molecule has 7 heteroatoms. The van der Waals surface area contributed by atoms with Gasteiger partial charge in [-0.05, 0) is 39.8 Å². The molecule has 0 atom stereocenters. The highest BCUT2D eigenvalue weighted by atomic mass is 19.1. The first-order valence-electron chi connectivity index (χ1n) is 7.09. The largest absolute Gasteiger partial charge is 0.465 e. The number of fused-ring (bicyclic) bond motifs is 1. The lowest BCUT2D eigenvalue weighted by atomic mass is 10.1. The van der Waals surface area contributed by atoms with Gasteiger partial charge in [0.15, 0.2) is 0 Å². The van der Waals surface area contributed by atoms with E-state index in [0.29, 0.717) is 5.82 Å². The zero-order valence-electron chi connectivity index (χ0n) is 13.8. The molecule has 0 aliphatic heterocycles. The Balaban J connectivity index is 2.51. The van der Waals surface area contributed by atoms with Crippen molar-refractivity contribution in [3.63, 3.8) is 0 Å². The maximum atomic E-state index is 14.2. The lowest BCUT2D eigenvalue weighted by Gasteiger charge is -2.20. The summed E-state index contributed by atoms with van der Waals surface area (Å²) in [6.07, 6.45) is 0. The van der Waals surface area contributed by atoms with Gasteiger partial charge in [0.25, 0.3) is 0 Å². The molecule has 0 radical (unpaired) electrons. The van der Waals surface area contributed by atoms with Crippen LogP contribution in [0.1, 0.15) is 37.0 Å². The van der Waals surface area contributed by atoms with Crippen molar-refractivity contribution in [1.29, 1.82) is 0 Å². The van der Waals surface area contributed by atoms with Crippen molar-refractivity contribution in [2.24, 2.45) is 0 Å². The molecular weight excluding hydrogens is 303 g/mol. The Hall–Kier alpha value is -2.44. The van der Waals surface area contributed by atoms with Crippen LogP contribution in [0.5, 0.6) is 0 Å². The number of halogens is 1. The number of rotatable bonds is 3. The van der Waals surface area contributed by atoms with Crippen molar-refractivity contribution in [2.75, 3.05) is 7.11 Å². The van der Waals surface area contributed by atoms with E-state index in [1.165, 1.54) is 17.7 Å². The second-order valence-electron chi connectivity index (χ2n) is 6.12. The molecule has 0 aliphatic carbocycles. The Morgan fingerprint density at radius 3 is 2.52 bits per heavy atom. The van der Waals surface area contributed by atoms with E-state index < -0.39 is 23.4 Å². The van der Waals surface area contributed by atoms with Gasteiger partial charge < -0.3 is 14.0 Å². The molecule has 1 heterocycles. The van der Waals surface area contributed by atoms with E-state index in [9.17, 15) is 14.0 Å². The third-order valence-corrected chi connectivity index (χ3v) is 3.15. The van der Waals surface area contributed by atoms with Crippen LogP contribution in [0.2, 0.25) is 0 Å². The summed E-state index contributed by atoms with van der Waals surface area (Å²) < 4.78 is 25.6. The van der Waals surface area contributed by atoms with Gasteiger partial charge in [-0.25, -0.2) is 14.2 Å². The van der Waals surface area contributed by atoms with E-state index >= 15 is 0 Å². The molecule has 0 amide bonds. The normalized spacial score (nSPS) is 11.6. The predicted molar refractivity (Wildman–Crippen MR) is 81.6 cm³/mol. The zero-order valence-corrected chi connectivity index (χ0v) is 13.8. The standard InChI is InChI=1S/C16H19FN2O4/c1-9-18-13-10(15(21)22-5)6-7-11(17)14(13)19(9)8-12(20)23-16(2,3)4/h6-7H,8H2,1-5H3. The summed E-state index contributed by atoms with van der Waals surface area (Å²) in [7, 11) is 1.24. The number of hydrogen-bond donors (Lipinski definition) is 0. The number of hydrogen-bond acceptors (Lipinski definition) is 5. The number of carbonyl (C=O) groups excluding carboxylic acids is 2. The van der Waals surface area contributed by atoms with Crippen molar-refractivity contribution in [2.45, 2.75) is 39.8 Å². The Bertz CT molecular complexity index is 774. The van der Waals surface area contributed by atoms with Gasteiger partial charge in [-0.15, -0.1) is 0 Å². The van der Waals surface area contributed by atoms with Gasteiger partial charge in [0.1, 0.15) is 34.8 Å². The molecule has 0 fully saturated rings. The molecule has 124 valence electrons. The number of aryl methyl sites for hydroxylation is 1. The van der Waals surface area contributed by atoms with Crippen molar-refractivity contribution in [3.05, 3.63) is 29.3 Å². The Labute approximate surface area is 133 Å². The number of methoxy groups -OCH3 is 1. The third-order valence-electron chi connectivity index (χ3n) is 3.15. The molecule has 23 heavy (non-hydrogen) atoms. The third kappa shape index (κ3) is 3.49. The molecule has 0 unspecified atom stereocenters. The summed E-state index contributed by atoms with van der Waals surface area (Å²) in [5.41, 5.74) is -0.249. The molecule has 0 aliphatic rings. The first-order valence-corrected chi connectivity index (χ1v) is 7.09. The Morgan fingerprint density at radius 2 is 1.96 bits per heavy atom. The number of aromatic nitrogens is 2. The summed E-state index contributed by atoms with van der Waals surface area (Å²) in [4.78, 5) is 28.0. The van der Waals surface area contributed by atoms with E-state index in [2.05, 4.69) is 9.72 Å². The summed E-state index contributed by atoms with van der Waals surface area (Å²) in [6.45, 7) is 6.69. The predicted octanol–water partition coefficient (Wildman–Crippen LogP) is 2.61. The Morgan fingerprint density at radius 1 is 1.30 bits per heavy atom. The van der Waals surface area contributed by atoms with Gasteiger partial charge >= 0.3 is 11.9 Å². The molecule has 1 aromatic heterocycles. The minimum atomic E-state index is -0.642. The van der Waals surface area contributed by atoms with Gasteiger partial charge in [-0.3, -0.25) is 4.79 Å². The maximum Gasteiger partial charge on any atom is 0.340 e. The first kappa shape index (κ1) is 16.9. The lowest BCUT2D eigenvalue weighted by Crippen LogP contribution is -2.26. The number of ether oxygens (including phenoxy) is 2. The molecule has 0 N–H and O–H groups in total. The lowest BCUT2D eigenvalue weighted by molar-refractivity contribution is -0.155. The molecule has 1 aromatic carbocycles. The van der Waals surface area contributed by atoms with Gasteiger partial charge in [0.05, 0.1) is 12.7 Å². The fourth-order valence-corrected chi connectivity index (χ4v) is 2.28. The molecule has 2 aromatic rings. The molecule has 6 nitrogen and oxygen atoms in total. The van der Waals surface area contributed by atoms with Crippen molar-refractivity contribution < 1.29 is 23.5 Å². The first-order chi connectivity index (χ1) is 10.6. The minimum absolute atomic E-state index is 0.0799. The summed E-state index contributed by atoms with van der Waals surface area (Å²) >= 11 is 0. The molecule has 0 saturated carbocycles. The van der Waals surface area contributed by atoms with Crippen LogP contribution in [0.15, 0.2) is 12.1 Å². The SMILES string of the molecule is COC(=O)c1ccc(F)c2c1nc(C)n2CC(=O)OC(C)(C)C. The van der Waals surface area contributed by atoms with Gasteiger partial charge in [0.2, 0.25) is 0 Å². The number of carbonyl (C=O) groups is 2. The monoisotopic (exact) mass is 322 g/mol. The number of esters is 2. The second kappa shape index (κ2) is 5.98. The van der Waals surface area contributed by atoms with Crippen LogP contribution in [0.4, 0.5) is 4.39 Å². The van der Waals surface area contributed by atoms with Crippen molar-refractivity contribution >= 4 is 23.0 Å². The average molecular weight is 322 g/mol. The van der Waals surface area contributed by atoms with Crippen LogP contribution in [0.3, 0.4) is 0 Å². The van der Waals surface area contributed by atoms with Gasteiger partial charge in [0, 0.05) is 0 Å². The van der Waals surface area contributed by atoms with E-state index in [1.807, 2.05) is 0 Å². The summed E-state index contributed by atoms with van der Waals surface area (Å²) in [5, 5.41) is 0. The molecule has 0 spiro atoms. The zero-order chi connectivity index (χ0) is 17.4. The highest BCUT2D eigenvalue weighted by Gasteiger charge is 2.23. The fourth-order valence-electron chi connectivity index (χ4n) is 2.28. The van der Waals surface area contributed by atoms with Crippen LogP contribution in [-0.4, -0.2) is 34.2 Å². The van der Waals surface area contributed by atoms with E-state index in [-0.39, 0.29) is 23.1 Å². The van der Waals surface area contributed by atoms with Gasteiger partial charge in [-0.2, -0.15) is 0 Å². The molecule has 2 rings (SSSR count). The van der Waals surface area contributed by atoms with Gasteiger partial charge in [-0.1, -0.05) is 0 Å². The maximum absolute atomic E-state index is 14.2. The number of imidazole rings is 1. The highest BCUT2D eigenvalue weighted by molar-refractivity contribution is 6.02. The summed E-state index contributed by atoms with van der Waals surface area (Å²) in [6, 6.07) is 2.47.